The molecule has 2 heterocycles. The van der Waals surface area contributed by atoms with Crippen molar-refractivity contribution in [3.05, 3.63) is 71.0 Å². The second-order valence-corrected chi connectivity index (χ2v) is 8.71. The number of phenols is 1. The summed E-state index contributed by atoms with van der Waals surface area (Å²) in [5.74, 6) is 0.422. The minimum absolute atomic E-state index is 0.142. The van der Waals surface area contributed by atoms with Crippen LogP contribution in [0.1, 0.15) is 54.7 Å². The molecule has 0 radical (unpaired) electrons. The lowest BCUT2D eigenvalue weighted by Crippen LogP contribution is -2.39. The maximum Gasteiger partial charge on any atom is 0.172 e. The molecule has 1 unspecified atom stereocenters. The largest absolute Gasteiger partial charge is 0.506 e. The van der Waals surface area contributed by atoms with Crippen LogP contribution in [-0.4, -0.2) is 27.7 Å². The highest BCUT2D eigenvalue weighted by Crippen LogP contribution is 2.54. The zero-order valence-electron chi connectivity index (χ0n) is 17.7. The molecule has 0 amide bonds. The van der Waals surface area contributed by atoms with Gasteiger partial charge in [0.05, 0.1) is 11.2 Å². The fourth-order valence-corrected chi connectivity index (χ4v) is 3.94. The molecule has 0 aromatic heterocycles. The molecule has 156 valence electrons. The maximum absolute atomic E-state index is 13.1. The number of aromatic hydroxyl groups is 1. The molecule has 0 saturated heterocycles. The first-order valence-electron chi connectivity index (χ1n) is 10.1. The molecule has 0 aliphatic carbocycles. The van der Waals surface area contributed by atoms with Crippen LogP contribution in [-0.2, 0) is 6.42 Å². The Morgan fingerprint density at radius 2 is 1.87 bits per heavy atom. The van der Waals surface area contributed by atoms with Gasteiger partial charge in [0.25, 0.3) is 0 Å². The molecule has 2 aliphatic rings. The number of phenolic OH excluding ortho intramolecular Hbond substituents is 1. The third-order valence-corrected chi connectivity index (χ3v) is 5.58. The van der Waals surface area contributed by atoms with E-state index in [2.05, 4.69) is 6.58 Å². The summed E-state index contributed by atoms with van der Waals surface area (Å²) in [6.07, 6.45) is 1.55. The van der Waals surface area contributed by atoms with Gasteiger partial charge in [-0.3, -0.25) is 4.79 Å². The van der Waals surface area contributed by atoms with Crippen molar-refractivity contribution >= 4 is 11.4 Å². The zero-order valence-corrected chi connectivity index (χ0v) is 17.7. The first-order valence-corrected chi connectivity index (χ1v) is 10.1. The fourth-order valence-electron chi connectivity index (χ4n) is 3.94. The molecule has 2 aromatic carbocycles. The van der Waals surface area contributed by atoms with E-state index in [-0.39, 0.29) is 23.0 Å². The summed E-state index contributed by atoms with van der Waals surface area (Å²) in [4.78, 5) is 13.1. The quantitative estimate of drug-likeness (QED) is 0.724. The predicted octanol–water partition coefficient (Wildman–Crippen LogP) is 4.64. The van der Waals surface area contributed by atoms with E-state index in [0.717, 1.165) is 11.1 Å². The van der Waals surface area contributed by atoms with Gasteiger partial charge in [0.1, 0.15) is 34.7 Å². The van der Waals surface area contributed by atoms with Crippen LogP contribution in [0.4, 0.5) is 0 Å². The van der Waals surface area contributed by atoms with Gasteiger partial charge in [-0.2, -0.15) is 0 Å². The molecule has 1 atom stereocenters. The predicted molar refractivity (Wildman–Crippen MR) is 115 cm³/mol. The van der Waals surface area contributed by atoms with Gasteiger partial charge in [-0.05, 0) is 25.5 Å². The average Bonchev–Trinajstić information content (AvgIpc) is 3.13. The van der Waals surface area contributed by atoms with E-state index < -0.39 is 11.7 Å². The van der Waals surface area contributed by atoms with E-state index in [0.29, 0.717) is 34.8 Å². The number of benzene rings is 2. The lowest BCUT2D eigenvalue weighted by Gasteiger charge is -2.25. The highest BCUT2D eigenvalue weighted by Gasteiger charge is 2.43. The summed E-state index contributed by atoms with van der Waals surface area (Å²) < 4.78 is 12.0. The smallest absolute Gasteiger partial charge is 0.172 e. The molecule has 30 heavy (non-hydrogen) atoms. The molecular weight excluding hydrogens is 380 g/mol. The molecular formula is C25H26O5. The summed E-state index contributed by atoms with van der Waals surface area (Å²) in [6.45, 7) is 10.8. The first kappa shape index (κ1) is 20.2. The average molecular weight is 406 g/mol. The third-order valence-electron chi connectivity index (χ3n) is 5.58. The molecule has 0 spiro atoms. The van der Waals surface area contributed by atoms with Crippen LogP contribution in [0.3, 0.4) is 0 Å². The van der Waals surface area contributed by atoms with Gasteiger partial charge in [-0.1, -0.05) is 50.8 Å². The standard InChI is InChI=1S/C25H26O5/c1-13(2)21(26)20-22(27)19-16(15-9-7-6-8-10-15)11-14(3)29-23(19)17-12-18(25(4,5)28)30-24(17)20/h6-11,13,18,27-28H,3,12H2,1-2,4-5H3. The monoisotopic (exact) mass is 406 g/mol. The van der Waals surface area contributed by atoms with E-state index in [9.17, 15) is 15.0 Å². The van der Waals surface area contributed by atoms with E-state index in [1.54, 1.807) is 33.8 Å². The Morgan fingerprint density at radius 3 is 2.47 bits per heavy atom. The SMILES string of the molecule is C=C1C=C(c2ccccc2)c2c(O)c(C(=O)C(C)C)c3c(c2O1)CC(C(C)(C)O)O3. The van der Waals surface area contributed by atoms with Gasteiger partial charge >= 0.3 is 0 Å². The highest BCUT2D eigenvalue weighted by molar-refractivity contribution is 6.06. The number of hydrogen-bond acceptors (Lipinski definition) is 5. The van der Waals surface area contributed by atoms with Crippen molar-refractivity contribution in [1.82, 2.24) is 0 Å². The Hall–Kier alpha value is -3.05. The number of carbonyl (C=O) groups is 1. The number of Topliss-reactive ketones (excluding diaryl/α,β-unsaturated/α-hetero) is 1. The van der Waals surface area contributed by atoms with Crippen LogP contribution in [0.25, 0.3) is 5.57 Å². The summed E-state index contributed by atoms with van der Waals surface area (Å²) in [7, 11) is 0. The van der Waals surface area contributed by atoms with E-state index in [1.165, 1.54) is 0 Å². The molecule has 5 nitrogen and oxygen atoms in total. The molecule has 0 bridgehead atoms. The van der Waals surface area contributed by atoms with E-state index >= 15 is 0 Å². The van der Waals surface area contributed by atoms with Crippen molar-refractivity contribution in [3.63, 3.8) is 0 Å². The molecule has 2 aromatic rings. The minimum atomic E-state index is -1.14. The molecule has 2 aliphatic heterocycles. The first-order chi connectivity index (χ1) is 14.1. The number of fused-ring (bicyclic) bond motifs is 3. The van der Waals surface area contributed by atoms with Crippen molar-refractivity contribution in [2.75, 3.05) is 0 Å². The molecule has 0 fully saturated rings. The van der Waals surface area contributed by atoms with Crippen molar-refractivity contribution in [1.29, 1.82) is 0 Å². The minimum Gasteiger partial charge on any atom is -0.506 e. The second kappa shape index (κ2) is 7.03. The van der Waals surface area contributed by atoms with Gasteiger partial charge in [0, 0.05) is 23.5 Å². The van der Waals surface area contributed by atoms with Crippen LogP contribution >= 0.6 is 0 Å². The van der Waals surface area contributed by atoms with E-state index in [4.69, 9.17) is 9.47 Å². The molecule has 5 heteroatoms. The second-order valence-electron chi connectivity index (χ2n) is 8.71. The van der Waals surface area contributed by atoms with Gasteiger partial charge < -0.3 is 19.7 Å². The number of ketones is 1. The number of allylic oxidation sites excluding steroid dienone is 1. The highest BCUT2D eigenvalue weighted by atomic mass is 16.5. The third kappa shape index (κ3) is 3.19. The van der Waals surface area contributed by atoms with Crippen LogP contribution < -0.4 is 9.47 Å². The van der Waals surface area contributed by atoms with Crippen molar-refractivity contribution < 1.29 is 24.5 Å². The fraction of sp³-hybridized carbons (Fsp3) is 0.320. The normalized spacial score (nSPS) is 17.7. The lowest BCUT2D eigenvalue weighted by atomic mass is 9.86. The van der Waals surface area contributed by atoms with Crippen LogP contribution in [0.15, 0.2) is 48.7 Å². The Morgan fingerprint density at radius 1 is 1.20 bits per heavy atom. The summed E-state index contributed by atoms with van der Waals surface area (Å²) in [5, 5.41) is 21.9. The topological polar surface area (TPSA) is 76.0 Å². The molecule has 0 saturated carbocycles. The van der Waals surface area contributed by atoms with Crippen LogP contribution in [0.2, 0.25) is 0 Å². The Bertz CT molecular complexity index is 1070. The zero-order chi connectivity index (χ0) is 21.8. The lowest BCUT2D eigenvalue weighted by molar-refractivity contribution is -0.0232. The number of hydrogen-bond donors (Lipinski definition) is 2. The Kier molecular flexibility index (Phi) is 4.74. The van der Waals surface area contributed by atoms with Crippen molar-refractivity contribution in [2.45, 2.75) is 45.8 Å². The molecule has 4 rings (SSSR count). The Balaban J connectivity index is 2.02. The van der Waals surface area contributed by atoms with Crippen LogP contribution in [0.5, 0.6) is 17.2 Å². The van der Waals surface area contributed by atoms with Crippen molar-refractivity contribution in [3.8, 4) is 17.2 Å². The summed E-state index contributed by atoms with van der Waals surface area (Å²) >= 11 is 0. The number of rotatable bonds is 4. The van der Waals surface area contributed by atoms with Gasteiger partial charge in [-0.15, -0.1) is 0 Å². The Labute approximate surface area is 176 Å². The molecule has 2 N–H and O–H groups in total. The van der Waals surface area contributed by atoms with Crippen LogP contribution in [0, 0.1) is 5.92 Å². The maximum atomic E-state index is 13.1. The number of carbonyl (C=O) groups excluding carboxylic acids is 1. The van der Waals surface area contributed by atoms with Gasteiger partial charge in [0.15, 0.2) is 5.78 Å². The summed E-state index contributed by atoms with van der Waals surface area (Å²) in [5.41, 5.74) is 1.73. The van der Waals surface area contributed by atoms with Gasteiger partial charge in [-0.25, -0.2) is 0 Å². The summed E-state index contributed by atoms with van der Waals surface area (Å²) in [6, 6.07) is 9.59. The van der Waals surface area contributed by atoms with Crippen molar-refractivity contribution in [2.24, 2.45) is 5.92 Å². The number of aliphatic hydroxyl groups is 1. The number of ether oxygens (including phenoxy) is 2. The van der Waals surface area contributed by atoms with E-state index in [1.807, 2.05) is 30.3 Å². The van der Waals surface area contributed by atoms with Gasteiger partial charge in [0.2, 0.25) is 0 Å².